The predicted molar refractivity (Wildman–Crippen MR) is 195 cm³/mol. The fraction of sp³-hybridized carbons (Fsp3) is 0.524. The number of rotatable bonds is 8. The molecule has 2 aromatic heterocycles. The Bertz CT molecular complexity index is 1550. The van der Waals surface area contributed by atoms with Crippen LogP contribution in [0.3, 0.4) is 0 Å². The van der Waals surface area contributed by atoms with Gasteiger partial charge in [-0.15, -0.1) is 9.24 Å². The molecular formula is C42H50N2P2. The molecule has 0 radical (unpaired) electrons. The van der Waals surface area contributed by atoms with Crippen molar-refractivity contribution in [3.8, 4) is 11.1 Å². The summed E-state index contributed by atoms with van der Waals surface area (Å²) in [6.07, 6.45) is 24.2. The highest BCUT2D eigenvalue weighted by atomic mass is 31.1. The monoisotopic (exact) mass is 644 g/mol. The highest BCUT2D eigenvalue weighted by Crippen LogP contribution is 2.80. The molecule has 2 heterocycles. The quantitative estimate of drug-likeness (QED) is 0.179. The van der Waals surface area contributed by atoms with Gasteiger partial charge in [0.25, 0.3) is 0 Å². The molecule has 8 saturated carbocycles. The summed E-state index contributed by atoms with van der Waals surface area (Å²) in [5.41, 5.74) is 8.24. The van der Waals surface area contributed by atoms with Crippen LogP contribution < -0.4 is 0 Å². The second-order valence-corrected chi connectivity index (χ2v) is 21.0. The van der Waals surface area contributed by atoms with Gasteiger partial charge in [-0.25, -0.2) is 0 Å². The summed E-state index contributed by atoms with van der Waals surface area (Å²) in [4.78, 5) is 7.37. The Morgan fingerprint density at radius 2 is 1.07 bits per heavy atom. The Morgan fingerprint density at radius 3 is 1.50 bits per heavy atom. The third-order valence-electron chi connectivity index (χ3n) is 14.2. The van der Waals surface area contributed by atoms with Crippen molar-refractivity contribution < 1.29 is 0 Å². The zero-order valence-electron chi connectivity index (χ0n) is 27.3. The summed E-state index contributed by atoms with van der Waals surface area (Å²) in [6, 6.07) is 27.7. The van der Waals surface area contributed by atoms with Gasteiger partial charge in [0.15, 0.2) is 0 Å². The van der Waals surface area contributed by atoms with Crippen LogP contribution in [-0.2, 0) is 11.3 Å². The van der Waals surface area contributed by atoms with Gasteiger partial charge in [0.1, 0.15) is 0 Å². The average molecular weight is 645 g/mol. The smallest absolute Gasteiger partial charge is 0.0891 e. The average Bonchev–Trinajstić information content (AvgIpc) is 3.79. The van der Waals surface area contributed by atoms with Gasteiger partial charge in [-0.2, -0.15) is 0 Å². The van der Waals surface area contributed by atoms with E-state index in [9.17, 15) is 0 Å². The highest BCUT2D eigenvalue weighted by molar-refractivity contribution is 7.60. The number of benzene rings is 2. The van der Waals surface area contributed by atoms with Gasteiger partial charge in [-0.05, 0) is 182 Å². The van der Waals surface area contributed by atoms with Gasteiger partial charge in [0.2, 0.25) is 0 Å². The summed E-state index contributed by atoms with van der Waals surface area (Å²) in [7, 11) is 3.22. The van der Waals surface area contributed by atoms with E-state index in [-0.39, 0.29) is 13.1 Å². The lowest BCUT2D eigenvalue weighted by atomic mass is 9.55. The minimum absolute atomic E-state index is 0.157. The molecular weight excluding hydrogens is 594 g/mol. The first kappa shape index (κ1) is 28.8. The van der Waals surface area contributed by atoms with Crippen LogP contribution in [0.2, 0.25) is 0 Å². The molecule has 2 N–H and O–H groups in total. The standard InChI is InChI=1S/C42H50N2P2/c45-42(38-8-4-12-43-38,39-9-5-13-44-39)37-20-35(34-6-2-1-3-7-34)10-11-36(37)27-46(40-21-28-14-29(22-40)16-30(15-28)23-40)41-24-31-17-32(25-41)19-33(18-31)26-41/h1-13,20,28-33,43-44H,14-19,21-27,45H2. The highest BCUT2D eigenvalue weighted by Gasteiger charge is 2.62. The van der Waals surface area contributed by atoms with E-state index in [0.29, 0.717) is 10.3 Å². The number of aromatic amines is 2. The van der Waals surface area contributed by atoms with Gasteiger partial charge in [-0.3, -0.25) is 0 Å². The van der Waals surface area contributed by atoms with Crippen molar-refractivity contribution in [1.82, 2.24) is 9.97 Å². The lowest BCUT2D eigenvalue weighted by Crippen LogP contribution is -2.56. The van der Waals surface area contributed by atoms with Gasteiger partial charge in [-0.1, -0.05) is 50.4 Å². The molecule has 2 aromatic carbocycles. The van der Waals surface area contributed by atoms with Gasteiger partial charge < -0.3 is 9.97 Å². The number of hydrogen-bond donors (Lipinski definition) is 2. The minimum Gasteiger partial charge on any atom is -0.364 e. The zero-order valence-corrected chi connectivity index (χ0v) is 29.3. The summed E-state index contributed by atoms with van der Waals surface area (Å²) in [5, 5.41) is 0.873. The first-order chi connectivity index (χ1) is 22.5. The molecule has 0 amide bonds. The van der Waals surface area contributed by atoms with Crippen molar-refractivity contribution >= 4 is 17.2 Å². The molecule has 4 heteroatoms. The van der Waals surface area contributed by atoms with Crippen LogP contribution in [0.4, 0.5) is 0 Å². The van der Waals surface area contributed by atoms with Crippen LogP contribution in [0.25, 0.3) is 11.1 Å². The number of aromatic nitrogens is 2. The molecule has 0 saturated heterocycles. The number of H-pyrrole nitrogens is 2. The molecule has 8 fully saturated rings. The summed E-state index contributed by atoms with van der Waals surface area (Å²) in [5.74, 6) is 6.10. The van der Waals surface area contributed by atoms with Gasteiger partial charge >= 0.3 is 0 Å². The molecule has 12 rings (SSSR count). The molecule has 8 aliphatic rings. The van der Waals surface area contributed by atoms with Crippen LogP contribution >= 0.6 is 17.2 Å². The van der Waals surface area contributed by atoms with Crippen molar-refractivity contribution in [2.75, 3.05) is 0 Å². The van der Waals surface area contributed by atoms with Crippen molar-refractivity contribution in [3.05, 3.63) is 108 Å². The third-order valence-corrected chi connectivity index (χ3v) is 19.1. The van der Waals surface area contributed by atoms with Crippen molar-refractivity contribution in [3.63, 3.8) is 0 Å². The fourth-order valence-corrected chi connectivity index (χ4v) is 19.1. The van der Waals surface area contributed by atoms with E-state index in [4.69, 9.17) is 0 Å². The van der Waals surface area contributed by atoms with Crippen LogP contribution in [0.5, 0.6) is 0 Å². The fourth-order valence-electron chi connectivity index (χ4n) is 13.3. The van der Waals surface area contributed by atoms with E-state index in [1.165, 1.54) is 34.2 Å². The maximum atomic E-state index is 3.69. The molecule has 1 unspecified atom stereocenters. The largest absolute Gasteiger partial charge is 0.364 e. The molecule has 8 bridgehead atoms. The van der Waals surface area contributed by atoms with E-state index in [1.807, 2.05) is 0 Å². The second-order valence-electron chi connectivity index (χ2n) is 17.1. The Hall–Kier alpha value is -2.14. The van der Waals surface area contributed by atoms with Crippen molar-refractivity contribution in [2.45, 2.75) is 98.7 Å². The predicted octanol–water partition coefficient (Wildman–Crippen LogP) is 11.1. The van der Waals surface area contributed by atoms with E-state index in [1.54, 1.807) is 82.6 Å². The van der Waals surface area contributed by atoms with E-state index in [2.05, 4.69) is 104 Å². The summed E-state index contributed by atoms with van der Waals surface area (Å²) >= 11 is 0. The maximum Gasteiger partial charge on any atom is 0.0891 e. The molecule has 2 nitrogen and oxygen atoms in total. The van der Waals surface area contributed by atoms with Gasteiger partial charge in [0, 0.05) is 23.8 Å². The lowest BCUT2D eigenvalue weighted by Gasteiger charge is -2.67. The molecule has 46 heavy (non-hydrogen) atoms. The third kappa shape index (κ3) is 4.48. The second kappa shape index (κ2) is 10.7. The van der Waals surface area contributed by atoms with Crippen molar-refractivity contribution in [1.29, 1.82) is 0 Å². The zero-order chi connectivity index (χ0) is 30.5. The summed E-state index contributed by atoms with van der Waals surface area (Å²) in [6.45, 7) is 0. The Labute approximate surface area is 279 Å². The van der Waals surface area contributed by atoms with Crippen LogP contribution in [-0.4, -0.2) is 20.3 Å². The Balaban J connectivity index is 1.16. The first-order valence-corrected chi connectivity index (χ1v) is 20.6. The van der Waals surface area contributed by atoms with Crippen molar-refractivity contribution in [2.24, 2.45) is 35.5 Å². The van der Waals surface area contributed by atoms with E-state index in [0.717, 1.165) is 35.5 Å². The van der Waals surface area contributed by atoms with E-state index >= 15 is 0 Å². The Kier molecular flexibility index (Phi) is 6.69. The van der Waals surface area contributed by atoms with Gasteiger partial charge in [0.05, 0.1) is 5.16 Å². The molecule has 238 valence electrons. The number of hydrogen-bond acceptors (Lipinski definition) is 0. The van der Waals surface area contributed by atoms with E-state index < -0.39 is 0 Å². The summed E-state index contributed by atoms with van der Waals surface area (Å²) < 4.78 is 0. The van der Waals surface area contributed by atoms with Crippen LogP contribution in [0.1, 0.15) is 99.6 Å². The van der Waals surface area contributed by atoms with Crippen LogP contribution in [0, 0.1) is 35.5 Å². The lowest BCUT2D eigenvalue weighted by molar-refractivity contribution is 0.0184. The molecule has 1 atom stereocenters. The molecule has 8 aliphatic carbocycles. The normalized spacial score (nSPS) is 36.4. The van der Waals surface area contributed by atoms with Crippen LogP contribution in [0.15, 0.2) is 85.2 Å². The molecule has 4 aromatic rings. The Morgan fingerprint density at radius 1 is 0.587 bits per heavy atom. The maximum absolute atomic E-state index is 3.69. The SMILES string of the molecule is PC(c1ccc[nH]1)(c1ccc[nH]1)c1cc(-c2ccccc2)ccc1CP(C12CC3CC(CC(C3)C1)C2)C12CC3CC(CC(C3)C1)C2. The number of nitrogens with one attached hydrogen (secondary N) is 2. The first-order valence-electron chi connectivity index (χ1n) is 18.5. The minimum atomic E-state index is -0.364. The topological polar surface area (TPSA) is 31.6 Å². The molecule has 0 aliphatic heterocycles. The molecule has 0 spiro atoms.